The average molecular weight is 246 g/mol. The van der Waals surface area contributed by atoms with Gasteiger partial charge in [-0.1, -0.05) is 42.1 Å². The van der Waals surface area contributed by atoms with Gasteiger partial charge in [0, 0.05) is 17.7 Å². The molecular formula is C9H11PS3. The molecule has 1 fully saturated rings. The third kappa shape index (κ3) is 2.76. The Balaban J connectivity index is 2.10. The van der Waals surface area contributed by atoms with E-state index in [9.17, 15) is 0 Å². The van der Waals surface area contributed by atoms with Crippen molar-refractivity contribution in [1.82, 2.24) is 0 Å². The van der Waals surface area contributed by atoms with Crippen LogP contribution >= 0.6 is 27.2 Å². The third-order valence-electron chi connectivity index (χ3n) is 1.88. The van der Waals surface area contributed by atoms with Crippen molar-refractivity contribution in [2.24, 2.45) is 0 Å². The first kappa shape index (κ1) is 10.1. The lowest BCUT2D eigenvalue weighted by atomic mass is 10.2. The number of hydrogen-bond donors (Lipinski definition) is 0. The minimum atomic E-state index is -1.13. The predicted molar refractivity (Wildman–Crippen MR) is 69.3 cm³/mol. The first-order valence-electron chi connectivity index (χ1n) is 4.21. The van der Waals surface area contributed by atoms with Crippen molar-refractivity contribution in [3.05, 3.63) is 35.9 Å². The highest BCUT2D eigenvalue weighted by molar-refractivity contribution is 9.01. The molecule has 0 amide bonds. The van der Waals surface area contributed by atoms with Crippen molar-refractivity contribution in [1.29, 1.82) is 0 Å². The third-order valence-corrected chi connectivity index (χ3v) is 12.9. The van der Waals surface area contributed by atoms with Crippen LogP contribution in [0.1, 0.15) is 5.56 Å². The fourth-order valence-electron chi connectivity index (χ4n) is 1.29. The van der Waals surface area contributed by atoms with E-state index in [1.807, 2.05) is 22.8 Å². The van der Waals surface area contributed by atoms with Gasteiger partial charge in [0.1, 0.15) is 0 Å². The van der Waals surface area contributed by atoms with Crippen LogP contribution in [0.25, 0.3) is 0 Å². The Bertz CT molecular complexity index is 313. The van der Waals surface area contributed by atoms with Gasteiger partial charge in [-0.05, 0) is 5.56 Å². The van der Waals surface area contributed by atoms with Crippen LogP contribution in [0.15, 0.2) is 30.3 Å². The van der Waals surface area contributed by atoms with Gasteiger partial charge in [-0.2, -0.15) is 0 Å². The molecule has 2 rings (SSSR count). The summed E-state index contributed by atoms with van der Waals surface area (Å²) >= 11 is 9.74. The van der Waals surface area contributed by atoms with E-state index in [1.54, 1.807) is 0 Å². The van der Waals surface area contributed by atoms with E-state index in [1.165, 1.54) is 17.1 Å². The second-order valence-electron chi connectivity index (χ2n) is 2.92. The van der Waals surface area contributed by atoms with E-state index in [-0.39, 0.29) is 0 Å². The Morgan fingerprint density at radius 1 is 1.15 bits per heavy atom. The van der Waals surface area contributed by atoms with E-state index < -0.39 is 4.44 Å². The molecule has 1 aliphatic rings. The van der Waals surface area contributed by atoms with Gasteiger partial charge >= 0.3 is 0 Å². The lowest BCUT2D eigenvalue weighted by Gasteiger charge is -2.12. The maximum Gasteiger partial charge on any atom is 0.0614 e. The molecular weight excluding hydrogens is 235 g/mol. The molecule has 0 aromatic heterocycles. The Labute approximate surface area is 92.4 Å². The molecule has 1 aliphatic heterocycles. The van der Waals surface area contributed by atoms with Crippen molar-refractivity contribution in [3.63, 3.8) is 0 Å². The maximum absolute atomic E-state index is 5.69. The Morgan fingerprint density at radius 2 is 1.77 bits per heavy atom. The van der Waals surface area contributed by atoms with Crippen LogP contribution in [0.4, 0.5) is 0 Å². The molecule has 1 aromatic carbocycles. The van der Waals surface area contributed by atoms with Crippen molar-refractivity contribution >= 4 is 39.0 Å². The predicted octanol–water partition coefficient (Wildman–Crippen LogP) is 3.98. The summed E-state index contributed by atoms with van der Waals surface area (Å²) in [5.74, 6) is 2.52. The Morgan fingerprint density at radius 3 is 2.38 bits per heavy atom. The number of benzene rings is 1. The van der Waals surface area contributed by atoms with Crippen molar-refractivity contribution < 1.29 is 0 Å². The Hall–Kier alpha value is 0.570. The molecule has 1 heterocycles. The summed E-state index contributed by atoms with van der Waals surface area (Å²) in [6.07, 6.45) is 1.12. The summed E-state index contributed by atoms with van der Waals surface area (Å²) < 4.78 is -1.13. The summed E-state index contributed by atoms with van der Waals surface area (Å²) in [5, 5.41) is 0. The van der Waals surface area contributed by atoms with Crippen LogP contribution in [-0.4, -0.2) is 11.5 Å². The summed E-state index contributed by atoms with van der Waals surface area (Å²) in [5.41, 5.74) is 1.41. The molecule has 0 radical (unpaired) electrons. The van der Waals surface area contributed by atoms with E-state index >= 15 is 0 Å². The molecule has 0 spiro atoms. The topological polar surface area (TPSA) is 0 Å². The van der Waals surface area contributed by atoms with Crippen LogP contribution in [0, 0.1) is 0 Å². The first-order valence-corrected chi connectivity index (χ1v) is 10.4. The summed E-state index contributed by atoms with van der Waals surface area (Å²) in [4.78, 5) is 0. The van der Waals surface area contributed by atoms with Gasteiger partial charge in [0.2, 0.25) is 0 Å². The number of hydrogen-bond acceptors (Lipinski definition) is 3. The summed E-state index contributed by atoms with van der Waals surface area (Å²) in [6.45, 7) is 0. The molecule has 13 heavy (non-hydrogen) atoms. The summed E-state index contributed by atoms with van der Waals surface area (Å²) in [6, 6.07) is 10.6. The van der Waals surface area contributed by atoms with Crippen LogP contribution in [0.2, 0.25) is 0 Å². The highest BCUT2D eigenvalue weighted by atomic mass is 33.2. The quantitative estimate of drug-likeness (QED) is 0.725. The lowest BCUT2D eigenvalue weighted by Crippen LogP contribution is -1.79. The first-order chi connectivity index (χ1) is 6.29. The van der Waals surface area contributed by atoms with Crippen molar-refractivity contribution in [2.45, 2.75) is 6.16 Å². The zero-order chi connectivity index (χ0) is 9.15. The zero-order valence-electron chi connectivity index (χ0n) is 7.18. The fourth-order valence-corrected chi connectivity index (χ4v) is 11.8. The second kappa shape index (κ2) is 4.39. The molecule has 0 nitrogen and oxygen atoms in total. The highest BCUT2D eigenvalue weighted by Crippen LogP contribution is 2.75. The van der Waals surface area contributed by atoms with E-state index in [4.69, 9.17) is 11.8 Å². The minimum absolute atomic E-state index is 1.12. The van der Waals surface area contributed by atoms with E-state index in [0.717, 1.165) is 6.16 Å². The van der Waals surface area contributed by atoms with Gasteiger partial charge in [-0.3, -0.25) is 0 Å². The van der Waals surface area contributed by atoms with Crippen LogP contribution < -0.4 is 0 Å². The molecule has 0 unspecified atom stereocenters. The van der Waals surface area contributed by atoms with Gasteiger partial charge in [0.15, 0.2) is 0 Å². The van der Waals surface area contributed by atoms with Crippen LogP contribution in [0.5, 0.6) is 0 Å². The van der Waals surface area contributed by atoms with Crippen LogP contribution in [0.3, 0.4) is 0 Å². The fraction of sp³-hybridized carbons (Fsp3) is 0.333. The monoisotopic (exact) mass is 246 g/mol. The van der Waals surface area contributed by atoms with E-state index in [2.05, 4.69) is 30.3 Å². The zero-order valence-corrected chi connectivity index (χ0v) is 10.5. The molecule has 0 aliphatic carbocycles. The van der Waals surface area contributed by atoms with Crippen molar-refractivity contribution in [3.8, 4) is 0 Å². The molecule has 0 atom stereocenters. The average Bonchev–Trinajstić information content (AvgIpc) is 2.54. The van der Waals surface area contributed by atoms with Gasteiger partial charge in [-0.25, -0.2) is 0 Å². The van der Waals surface area contributed by atoms with Gasteiger partial charge < -0.3 is 0 Å². The van der Waals surface area contributed by atoms with Crippen LogP contribution in [-0.2, 0) is 18.0 Å². The normalized spacial score (nSPS) is 20.3. The highest BCUT2D eigenvalue weighted by Gasteiger charge is 2.23. The van der Waals surface area contributed by atoms with Gasteiger partial charge in [0.05, 0.1) is 4.44 Å². The molecule has 0 bridgehead atoms. The molecule has 0 saturated carbocycles. The largest absolute Gasteiger partial charge is 0.113 e. The SMILES string of the molecule is S=P1(Cc2ccccc2)SCCS1. The standard InChI is InChI=1S/C9H11PS3/c11-10(12-6-7-13-10)8-9-4-2-1-3-5-9/h1-5H,6-8H2. The van der Waals surface area contributed by atoms with E-state index in [0.29, 0.717) is 0 Å². The smallest absolute Gasteiger partial charge is 0.0614 e. The summed E-state index contributed by atoms with van der Waals surface area (Å²) in [7, 11) is 0. The molecule has 1 aromatic rings. The maximum atomic E-state index is 5.69. The Kier molecular flexibility index (Phi) is 3.41. The van der Waals surface area contributed by atoms with Crippen molar-refractivity contribution in [2.75, 3.05) is 11.5 Å². The lowest BCUT2D eigenvalue weighted by molar-refractivity contribution is 1.42. The molecule has 0 N–H and O–H groups in total. The second-order valence-corrected chi connectivity index (χ2v) is 15.0. The van der Waals surface area contributed by atoms with Gasteiger partial charge in [0.25, 0.3) is 0 Å². The molecule has 1 saturated heterocycles. The minimum Gasteiger partial charge on any atom is -0.113 e. The van der Waals surface area contributed by atoms with Gasteiger partial charge in [-0.15, -0.1) is 22.8 Å². The number of rotatable bonds is 2. The molecule has 4 heteroatoms. The molecule has 70 valence electrons.